The third-order valence-electron chi connectivity index (χ3n) is 3.19. The molecule has 106 valence electrons. The topological polar surface area (TPSA) is 73.6 Å². The smallest absolute Gasteiger partial charge is 0.356 e. The molecule has 1 aromatic heterocycles. The van der Waals surface area contributed by atoms with Crippen LogP contribution in [0.2, 0.25) is 0 Å². The number of rotatable bonds is 6. The van der Waals surface area contributed by atoms with Crippen molar-refractivity contribution in [3.8, 4) is 0 Å². The molecule has 1 unspecified atom stereocenters. The predicted molar refractivity (Wildman–Crippen MR) is 68.1 cm³/mol. The second-order valence-electron chi connectivity index (χ2n) is 4.57. The monoisotopic (exact) mass is 268 g/mol. The second-order valence-corrected chi connectivity index (χ2v) is 4.57. The molecule has 6 nitrogen and oxygen atoms in total. The molecule has 2 rings (SSSR count). The summed E-state index contributed by atoms with van der Waals surface area (Å²) < 4.78 is 12.8. The summed E-state index contributed by atoms with van der Waals surface area (Å²) >= 11 is 0. The molecule has 0 radical (unpaired) electrons. The highest BCUT2D eigenvalue weighted by atomic mass is 16.7. The molecule has 1 aliphatic heterocycles. The fourth-order valence-corrected chi connectivity index (χ4v) is 2.15. The third kappa shape index (κ3) is 3.78. The van der Waals surface area contributed by atoms with E-state index in [1.165, 1.54) is 0 Å². The minimum Gasteiger partial charge on any atom is -0.476 e. The molecule has 0 spiro atoms. The van der Waals surface area contributed by atoms with Gasteiger partial charge in [0.15, 0.2) is 12.0 Å². The summed E-state index contributed by atoms with van der Waals surface area (Å²) in [5.41, 5.74) is 0.997. The second kappa shape index (κ2) is 6.68. The maximum absolute atomic E-state index is 10.9. The van der Waals surface area contributed by atoms with Crippen molar-refractivity contribution in [3.05, 3.63) is 17.5 Å². The summed E-state index contributed by atoms with van der Waals surface area (Å²) in [6, 6.07) is 1.61. The Morgan fingerprint density at radius 3 is 3.11 bits per heavy atom. The van der Waals surface area contributed by atoms with Crippen LogP contribution >= 0.6 is 0 Å². The zero-order chi connectivity index (χ0) is 13.7. The van der Waals surface area contributed by atoms with Gasteiger partial charge in [-0.2, -0.15) is 5.10 Å². The molecule has 19 heavy (non-hydrogen) atoms. The summed E-state index contributed by atoms with van der Waals surface area (Å²) in [5.74, 6) is -0.995. The van der Waals surface area contributed by atoms with Crippen molar-refractivity contribution in [1.82, 2.24) is 9.78 Å². The Morgan fingerprint density at radius 1 is 1.63 bits per heavy atom. The van der Waals surface area contributed by atoms with Gasteiger partial charge in [0.2, 0.25) is 0 Å². The van der Waals surface area contributed by atoms with E-state index in [0.29, 0.717) is 13.2 Å². The summed E-state index contributed by atoms with van der Waals surface area (Å²) in [5, 5.41) is 13.0. The highest BCUT2D eigenvalue weighted by Gasteiger charge is 2.15. The fraction of sp³-hybridized carbons (Fsp3) is 0.692. The van der Waals surface area contributed by atoms with Crippen molar-refractivity contribution < 1.29 is 19.4 Å². The molecular formula is C13H20N2O4. The van der Waals surface area contributed by atoms with E-state index in [1.807, 2.05) is 6.92 Å². The van der Waals surface area contributed by atoms with Gasteiger partial charge in [0.05, 0.1) is 13.2 Å². The Balaban J connectivity index is 1.85. The van der Waals surface area contributed by atoms with E-state index in [0.717, 1.165) is 38.0 Å². The van der Waals surface area contributed by atoms with Crippen LogP contribution in [0.1, 0.15) is 42.4 Å². The van der Waals surface area contributed by atoms with Crippen molar-refractivity contribution in [1.29, 1.82) is 0 Å². The van der Waals surface area contributed by atoms with Crippen LogP contribution in [0.3, 0.4) is 0 Å². The van der Waals surface area contributed by atoms with Gasteiger partial charge in [-0.25, -0.2) is 4.79 Å². The van der Waals surface area contributed by atoms with Gasteiger partial charge in [-0.1, -0.05) is 6.92 Å². The molecule has 0 aromatic carbocycles. The number of hydrogen-bond donors (Lipinski definition) is 1. The lowest BCUT2D eigenvalue weighted by atomic mass is 10.2. The largest absolute Gasteiger partial charge is 0.476 e. The average Bonchev–Trinajstić information content (AvgIpc) is 2.83. The molecular weight excluding hydrogens is 248 g/mol. The number of aromatic carboxylic acids is 1. The van der Waals surface area contributed by atoms with E-state index in [2.05, 4.69) is 5.10 Å². The molecule has 1 saturated heterocycles. The zero-order valence-corrected chi connectivity index (χ0v) is 11.2. The maximum atomic E-state index is 10.9. The maximum Gasteiger partial charge on any atom is 0.356 e. The molecule has 0 amide bonds. The molecule has 6 heteroatoms. The third-order valence-corrected chi connectivity index (χ3v) is 3.19. The van der Waals surface area contributed by atoms with E-state index < -0.39 is 5.97 Å². The van der Waals surface area contributed by atoms with Gasteiger partial charge in [-0.3, -0.25) is 4.68 Å². The van der Waals surface area contributed by atoms with Crippen molar-refractivity contribution >= 4 is 5.97 Å². The first kappa shape index (κ1) is 14.0. The lowest BCUT2D eigenvalue weighted by molar-refractivity contribution is -0.163. The van der Waals surface area contributed by atoms with E-state index >= 15 is 0 Å². The van der Waals surface area contributed by atoms with Crippen LogP contribution in [0.15, 0.2) is 6.07 Å². The normalized spacial score (nSPS) is 19.5. The Hall–Kier alpha value is -1.40. The quantitative estimate of drug-likeness (QED) is 0.849. The molecule has 1 atom stereocenters. The molecule has 1 aliphatic rings. The Morgan fingerprint density at radius 2 is 2.47 bits per heavy atom. The molecule has 1 N–H and O–H groups in total. The number of ether oxygens (including phenoxy) is 2. The highest BCUT2D eigenvalue weighted by Crippen LogP contribution is 2.14. The molecule has 1 fully saturated rings. The van der Waals surface area contributed by atoms with Crippen molar-refractivity contribution in [2.24, 2.45) is 0 Å². The van der Waals surface area contributed by atoms with Crippen molar-refractivity contribution in [2.45, 2.75) is 45.4 Å². The van der Waals surface area contributed by atoms with Gasteiger partial charge >= 0.3 is 5.97 Å². The minimum absolute atomic E-state index is 0.0887. The van der Waals surface area contributed by atoms with Gasteiger partial charge in [-0.05, 0) is 31.7 Å². The summed E-state index contributed by atoms with van der Waals surface area (Å²) in [7, 11) is 0. The SMILES string of the molecule is CCc1cc(C(=O)O)nn1CCOC1CCCCO1. The number of aryl methyl sites for hydroxylation is 1. The fourth-order valence-electron chi connectivity index (χ4n) is 2.15. The van der Waals surface area contributed by atoms with Gasteiger partial charge in [0.25, 0.3) is 0 Å². The molecule has 0 aliphatic carbocycles. The van der Waals surface area contributed by atoms with Gasteiger partial charge < -0.3 is 14.6 Å². The van der Waals surface area contributed by atoms with Crippen LogP contribution < -0.4 is 0 Å². The first-order chi connectivity index (χ1) is 9.20. The summed E-state index contributed by atoms with van der Waals surface area (Å²) in [4.78, 5) is 10.9. The van der Waals surface area contributed by atoms with Crippen LogP contribution in [0.5, 0.6) is 0 Å². The zero-order valence-electron chi connectivity index (χ0n) is 11.2. The van der Waals surface area contributed by atoms with Crippen molar-refractivity contribution in [2.75, 3.05) is 13.2 Å². The van der Waals surface area contributed by atoms with Crippen LogP contribution in [-0.2, 0) is 22.4 Å². The first-order valence-corrected chi connectivity index (χ1v) is 6.74. The number of carboxylic acids is 1. The molecule has 2 heterocycles. The Labute approximate surface area is 112 Å². The number of carboxylic acid groups (broad SMARTS) is 1. The predicted octanol–water partition coefficient (Wildman–Crippen LogP) is 1.69. The number of nitrogens with zero attached hydrogens (tertiary/aromatic N) is 2. The van der Waals surface area contributed by atoms with E-state index in [4.69, 9.17) is 14.6 Å². The number of aromatic nitrogens is 2. The van der Waals surface area contributed by atoms with Crippen LogP contribution in [0.4, 0.5) is 0 Å². The van der Waals surface area contributed by atoms with Gasteiger partial charge in [0, 0.05) is 12.3 Å². The summed E-state index contributed by atoms with van der Waals surface area (Å²) in [6.07, 6.45) is 3.80. The first-order valence-electron chi connectivity index (χ1n) is 6.74. The lowest BCUT2D eigenvalue weighted by Gasteiger charge is -2.22. The summed E-state index contributed by atoms with van der Waals surface area (Å²) in [6.45, 7) is 3.77. The van der Waals surface area contributed by atoms with Crippen LogP contribution in [0, 0.1) is 0 Å². The van der Waals surface area contributed by atoms with Crippen LogP contribution in [0.25, 0.3) is 0 Å². The Kier molecular flexibility index (Phi) is 4.93. The van der Waals surface area contributed by atoms with Crippen molar-refractivity contribution in [3.63, 3.8) is 0 Å². The molecule has 0 bridgehead atoms. The minimum atomic E-state index is -0.995. The number of hydrogen-bond acceptors (Lipinski definition) is 4. The number of carbonyl (C=O) groups is 1. The van der Waals surface area contributed by atoms with Gasteiger partial charge in [-0.15, -0.1) is 0 Å². The van der Waals surface area contributed by atoms with Gasteiger partial charge in [0.1, 0.15) is 0 Å². The highest BCUT2D eigenvalue weighted by molar-refractivity contribution is 5.85. The standard InChI is InChI=1S/C13H20N2O4/c1-2-10-9-11(13(16)17)14-15(10)6-8-19-12-5-3-4-7-18-12/h9,12H,2-8H2,1H3,(H,16,17). The van der Waals surface area contributed by atoms with E-state index in [9.17, 15) is 4.79 Å². The van der Waals surface area contributed by atoms with E-state index in [-0.39, 0.29) is 12.0 Å². The van der Waals surface area contributed by atoms with E-state index in [1.54, 1.807) is 10.7 Å². The van der Waals surface area contributed by atoms with Crippen LogP contribution in [-0.4, -0.2) is 40.4 Å². The molecule has 0 saturated carbocycles. The molecule has 1 aromatic rings. The lowest BCUT2D eigenvalue weighted by Crippen LogP contribution is -2.24. The Bertz CT molecular complexity index is 424. The average molecular weight is 268 g/mol.